The van der Waals surface area contributed by atoms with Crippen LogP contribution in [0, 0.1) is 10.1 Å². The quantitative estimate of drug-likeness (QED) is 0.513. The van der Waals surface area contributed by atoms with Gasteiger partial charge in [0.2, 0.25) is 0 Å². The number of hydrogen-bond donors (Lipinski definition) is 0. The number of nitrogens with zero attached hydrogens (tertiary/aromatic N) is 1. The number of benzene rings is 1. The number of carbonyl (C=O) groups is 1. The molecule has 0 saturated heterocycles. The molecule has 0 fully saturated rings. The van der Waals surface area contributed by atoms with Crippen LogP contribution in [-0.4, -0.2) is 10.9 Å². The molecule has 5 nitrogen and oxygen atoms in total. The Bertz CT molecular complexity index is 308. The molecule has 5 heteroatoms. The topological polar surface area (TPSA) is 80.1 Å². The fourth-order valence-corrected chi connectivity index (χ4v) is 0.979. The average molecular weight is 180 g/mol. The lowest BCUT2D eigenvalue weighted by Crippen LogP contribution is -2.19. The minimum atomic E-state index is -1.78. The maximum Gasteiger partial charge on any atom is 0.433 e. The zero-order chi connectivity index (χ0) is 9.84. The van der Waals surface area contributed by atoms with Gasteiger partial charge in [-0.3, -0.25) is 10.1 Å². The highest BCUT2D eigenvalue weighted by molar-refractivity contribution is 5.73. The first-order valence-corrected chi connectivity index (χ1v) is 3.52. The van der Waals surface area contributed by atoms with Gasteiger partial charge in [-0.05, 0) is 0 Å². The summed E-state index contributed by atoms with van der Waals surface area (Å²) in [5.74, 6) is -1.70. The van der Waals surface area contributed by atoms with Gasteiger partial charge in [0.1, 0.15) is 0 Å². The van der Waals surface area contributed by atoms with Crippen molar-refractivity contribution in [3.05, 3.63) is 46.0 Å². The zero-order valence-electron chi connectivity index (χ0n) is 6.54. The van der Waals surface area contributed by atoms with E-state index in [9.17, 15) is 20.0 Å². The van der Waals surface area contributed by atoms with Crippen LogP contribution in [0.5, 0.6) is 0 Å². The Balaban J connectivity index is 3.03. The number of hydrogen-bond acceptors (Lipinski definition) is 3. The zero-order valence-corrected chi connectivity index (χ0v) is 6.54. The van der Waals surface area contributed by atoms with Crippen molar-refractivity contribution in [1.29, 1.82) is 0 Å². The molecule has 1 rings (SSSR count). The summed E-state index contributed by atoms with van der Waals surface area (Å²) in [5, 5.41) is 20.7. The molecule has 13 heavy (non-hydrogen) atoms. The average Bonchev–Trinajstić information content (AvgIpc) is 2.04. The van der Waals surface area contributed by atoms with Crippen LogP contribution in [0.2, 0.25) is 0 Å². The number of rotatable bonds is 3. The second-order valence-electron chi connectivity index (χ2n) is 2.42. The first-order valence-electron chi connectivity index (χ1n) is 3.52. The third kappa shape index (κ3) is 2.02. The molecule has 0 heterocycles. The van der Waals surface area contributed by atoms with Crippen molar-refractivity contribution in [2.75, 3.05) is 0 Å². The summed E-state index contributed by atoms with van der Waals surface area (Å²) in [5.41, 5.74) is 0.118. The summed E-state index contributed by atoms with van der Waals surface area (Å²) < 4.78 is 0. The lowest BCUT2D eigenvalue weighted by molar-refractivity contribution is -0.516. The molecule has 0 aliphatic rings. The SMILES string of the molecule is [O]C(=O)C(c1ccccc1)[N+](=O)[O-]. The molecule has 1 aromatic rings. The molecular weight excluding hydrogens is 174 g/mol. The molecule has 0 aliphatic heterocycles. The van der Waals surface area contributed by atoms with Gasteiger partial charge < -0.3 is 0 Å². The summed E-state index contributed by atoms with van der Waals surface area (Å²) in [6.07, 6.45) is 0. The van der Waals surface area contributed by atoms with E-state index in [0.717, 1.165) is 0 Å². The molecule has 1 radical (unpaired) electrons. The predicted octanol–water partition coefficient (Wildman–Crippen LogP) is 0.961. The van der Waals surface area contributed by atoms with Crippen LogP contribution in [0.3, 0.4) is 0 Å². The van der Waals surface area contributed by atoms with Gasteiger partial charge in [-0.2, -0.15) is 0 Å². The second kappa shape index (κ2) is 3.66. The highest BCUT2D eigenvalue weighted by Crippen LogP contribution is 2.15. The Kier molecular flexibility index (Phi) is 2.59. The summed E-state index contributed by atoms with van der Waals surface area (Å²) in [6.45, 7) is 0. The molecule has 1 atom stereocenters. The van der Waals surface area contributed by atoms with Crippen LogP contribution in [0.1, 0.15) is 11.6 Å². The van der Waals surface area contributed by atoms with Gasteiger partial charge in [0.15, 0.2) is 0 Å². The Labute approximate surface area is 73.8 Å². The van der Waals surface area contributed by atoms with Crippen LogP contribution in [0.4, 0.5) is 0 Å². The molecule has 1 unspecified atom stereocenters. The molecule has 0 N–H and O–H groups in total. The van der Waals surface area contributed by atoms with Gasteiger partial charge >= 0.3 is 12.0 Å². The van der Waals surface area contributed by atoms with E-state index in [1.54, 1.807) is 6.07 Å². The summed E-state index contributed by atoms with van der Waals surface area (Å²) in [7, 11) is 0. The van der Waals surface area contributed by atoms with Crippen LogP contribution in [0.25, 0.3) is 0 Å². The summed E-state index contributed by atoms with van der Waals surface area (Å²) in [4.78, 5) is 19.8. The van der Waals surface area contributed by atoms with Crippen LogP contribution in [0.15, 0.2) is 30.3 Å². The van der Waals surface area contributed by atoms with E-state index in [-0.39, 0.29) is 5.56 Å². The molecule has 1 aromatic carbocycles. The van der Waals surface area contributed by atoms with Crippen LogP contribution >= 0.6 is 0 Å². The van der Waals surface area contributed by atoms with E-state index in [4.69, 9.17) is 0 Å². The van der Waals surface area contributed by atoms with Crippen molar-refractivity contribution < 1.29 is 14.8 Å². The van der Waals surface area contributed by atoms with Crippen molar-refractivity contribution in [3.63, 3.8) is 0 Å². The van der Waals surface area contributed by atoms with Crippen molar-refractivity contribution in [2.45, 2.75) is 6.04 Å². The Morgan fingerprint density at radius 3 is 2.23 bits per heavy atom. The van der Waals surface area contributed by atoms with Gasteiger partial charge in [0.25, 0.3) is 0 Å². The number of nitro groups is 1. The van der Waals surface area contributed by atoms with Gasteiger partial charge in [-0.1, -0.05) is 30.3 Å². The molecule has 0 saturated carbocycles. The van der Waals surface area contributed by atoms with Crippen molar-refractivity contribution in [1.82, 2.24) is 0 Å². The normalized spacial score (nSPS) is 12.0. The highest BCUT2D eigenvalue weighted by atomic mass is 16.6. The second-order valence-corrected chi connectivity index (χ2v) is 2.42. The Hall–Kier alpha value is -1.91. The van der Waals surface area contributed by atoms with E-state index < -0.39 is 16.9 Å². The maximum absolute atomic E-state index is 10.4. The van der Waals surface area contributed by atoms with Crippen molar-refractivity contribution in [3.8, 4) is 0 Å². The highest BCUT2D eigenvalue weighted by Gasteiger charge is 2.32. The molecule has 0 amide bonds. The number of carbonyl (C=O) groups excluding carboxylic acids is 1. The van der Waals surface area contributed by atoms with E-state index in [0.29, 0.717) is 0 Å². The van der Waals surface area contributed by atoms with Crippen LogP contribution in [-0.2, 0) is 9.90 Å². The minimum absolute atomic E-state index is 0.118. The molecule has 0 spiro atoms. The van der Waals surface area contributed by atoms with Gasteiger partial charge in [0, 0.05) is 10.5 Å². The largest absolute Gasteiger partial charge is 0.433 e. The minimum Gasteiger partial charge on any atom is -0.263 e. The Morgan fingerprint density at radius 2 is 1.85 bits per heavy atom. The fourth-order valence-electron chi connectivity index (χ4n) is 0.979. The molecule has 0 bridgehead atoms. The first kappa shape index (κ1) is 9.18. The molecular formula is C8H6NO4. The smallest absolute Gasteiger partial charge is 0.263 e. The maximum atomic E-state index is 10.4. The third-order valence-corrected chi connectivity index (χ3v) is 1.55. The summed E-state index contributed by atoms with van der Waals surface area (Å²) in [6, 6.07) is 5.70. The monoisotopic (exact) mass is 180 g/mol. The lowest BCUT2D eigenvalue weighted by Gasteiger charge is -2.01. The lowest BCUT2D eigenvalue weighted by atomic mass is 10.1. The fraction of sp³-hybridized carbons (Fsp3) is 0.125. The van der Waals surface area contributed by atoms with E-state index in [2.05, 4.69) is 0 Å². The van der Waals surface area contributed by atoms with E-state index >= 15 is 0 Å². The summed E-state index contributed by atoms with van der Waals surface area (Å²) >= 11 is 0. The standard InChI is InChI=1S/C8H6NO4/c10-8(11)7(9(12)13)6-4-2-1-3-5-6/h1-5,7H. The van der Waals surface area contributed by atoms with Crippen LogP contribution < -0.4 is 0 Å². The van der Waals surface area contributed by atoms with Crippen molar-refractivity contribution >= 4 is 5.97 Å². The molecule has 0 aliphatic carbocycles. The van der Waals surface area contributed by atoms with Gasteiger partial charge in [0.05, 0.1) is 0 Å². The molecule has 67 valence electrons. The van der Waals surface area contributed by atoms with Gasteiger partial charge in [-0.15, -0.1) is 0 Å². The predicted molar refractivity (Wildman–Crippen MR) is 41.9 cm³/mol. The third-order valence-electron chi connectivity index (χ3n) is 1.55. The van der Waals surface area contributed by atoms with E-state index in [1.807, 2.05) is 0 Å². The first-order chi connectivity index (χ1) is 6.13. The van der Waals surface area contributed by atoms with Gasteiger partial charge in [-0.25, -0.2) is 9.90 Å². The molecule has 0 aromatic heterocycles. The Morgan fingerprint density at radius 1 is 1.31 bits per heavy atom. The van der Waals surface area contributed by atoms with E-state index in [1.165, 1.54) is 24.3 Å². The van der Waals surface area contributed by atoms with Crippen molar-refractivity contribution in [2.24, 2.45) is 0 Å².